The fourth-order valence-corrected chi connectivity index (χ4v) is 4.60. The molecule has 0 radical (unpaired) electrons. The highest BCUT2D eigenvalue weighted by atomic mass is 16.5. The molecule has 2 saturated heterocycles. The first-order chi connectivity index (χ1) is 13.5. The van der Waals surface area contributed by atoms with Crippen LogP contribution in [-0.4, -0.2) is 56.0 Å². The lowest BCUT2D eigenvalue weighted by atomic mass is 10.0. The molecule has 2 fully saturated rings. The molecule has 0 spiro atoms. The van der Waals surface area contributed by atoms with Gasteiger partial charge in [0.15, 0.2) is 11.6 Å². The van der Waals surface area contributed by atoms with Gasteiger partial charge in [-0.15, -0.1) is 0 Å². The number of fused-ring (bicyclic) bond motifs is 1. The maximum atomic E-state index is 5.38. The van der Waals surface area contributed by atoms with Gasteiger partial charge in [-0.2, -0.15) is 5.10 Å². The number of likely N-dealkylation sites (tertiary alicyclic amines) is 1. The molecule has 5 rings (SSSR count). The zero-order valence-corrected chi connectivity index (χ0v) is 16.5. The van der Waals surface area contributed by atoms with Crippen LogP contribution in [0.5, 0.6) is 0 Å². The second-order valence-corrected chi connectivity index (χ2v) is 8.13. The largest absolute Gasteiger partial charge is 0.360 e. The van der Waals surface area contributed by atoms with E-state index in [1.807, 2.05) is 31.5 Å². The lowest BCUT2D eigenvalue weighted by Crippen LogP contribution is -2.29. The molecule has 146 valence electrons. The van der Waals surface area contributed by atoms with Gasteiger partial charge in [0.2, 0.25) is 0 Å². The van der Waals surface area contributed by atoms with Crippen LogP contribution in [0.4, 0.5) is 5.82 Å². The summed E-state index contributed by atoms with van der Waals surface area (Å²) in [7, 11) is 0. The minimum atomic E-state index is 0.663. The quantitative estimate of drug-likeness (QED) is 0.687. The summed E-state index contributed by atoms with van der Waals surface area (Å²) in [6.07, 6.45) is 1.65. The highest BCUT2D eigenvalue weighted by Crippen LogP contribution is 2.34. The zero-order chi connectivity index (χ0) is 19.3. The van der Waals surface area contributed by atoms with Gasteiger partial charge in [0.05, 0.1) is 17.9 Å². The van der Waals surface area contributed by atoms with Gasteiger partial charge in [-0.25, -0.2) is 14.6 Å². The Hall–Kier alpha value is -2.74. The predicted molar refractivity (Wildman–Crippen MR) is 104 cm³/mol. The smallest absolute Gasteiger partial charge is 0.159 e. The summed E-state index contributed by atoms with van der Waals surface area (Å²) < 4.78 is 7.27. The monoisotopic (exact) mass is 379 g/mol. The predicted octanol–water partition coefficient (Wildman–Crippen LogP) is 2.14. The van der Waals surface area contributed by atoms with Crippen LogP contribution in [0.3, 0.4) is 0 Å². The molecule has 0 aromatic carbocycles. The maximum absolute atomic E-state index is 5.38. The first-order valence-corrected chi connectivity index (χ1v) is 9.80. The second kappa shape index (κ2) is 6.70. The molecule has 8 heteroatoms. The Kier molecular flexibility index (Phi) is 4.16. The molecule has 2 aliphatic heterocycles. The number of hydrogen-bond acceptors (Lipinski definition) is 7. The van der Waals surface area contributed by atoms with Crippen LogP contribution >= 0.6 is 0 Å². The van der Waals surface area contributed by atoms with Gasteiger partial charge in [-0.1, -0.05) is 5.16 Å². The summed E-state index contributed by atoms with van der Waals surface area (Å²) in [4.78, 5) is 13.8. The van der Waals surface area contributed by atoms with Crippen molar-refractivity contribution in [3.63, 3.8) is 0 Å². The van der Waals surface area contributed by atoms with Crippen molar-refractivity contribution in [1.82, 2.24) is 29.8 Å². The van der Waals surface area contributed by atoms with E-state index in [0.29, 0.717) is 11.8 Å². The second-order valence-electron chi connectivity index (χ2n) is 8.13. The molecule has 2 aliphatic rings. The number of aromatic nitrogens is 5. The summed E-state index contributed by atoms with van der Waals surface area (Å²) in [5.41, 5.74) is 3.02. The van der Waals surface area contributed by atoms with E-state index < -0.39 is 0 Å². The molecule has 2 atom stereocenters. The molecular formula is C20H25N7O. The van der Waals surface area contributed by atoms with E-state index >= 15 is 0 Å². The summed E-state index contributed by atoms with van der Waals surface area (Å²) in [5.74, 6) is 4.10. The third-order valence-electron chi connectivity index (χ3n) is 5.81. The standard InChI is InChI=1S/C20H25N7O/c1-13-4-15(3)27(23-13)20-6-19(21-12-22-20)26-9-16-7-25(8-17(16)10-26)11-18-5-14(2)24-28-18/h4-6,12,16-17H,7-11H2,1-3H3. The Morgan fingerprint density at radius 3 is 2.32 bits per heavy atom. The summed E-state index contributed by atoms with van der Waals surface area (Å²) in [6.45, 7) is 11.1. The van der Waals surface area contributed by atoms with E-state index in [1.54, 1.807) is 6.33 Å². The first-order valence-electron chi connectivity index (χ1n) is 9.80. The molecule has 3 aromatic heterocycles. The van der Waals surface area contributed by atoms with E-state index in [4.69, 9.17) is 4.52 Å². The highest BCUT2D eigenvalue weighted by Gasteiger charge is 2.40. The number of anilines is 1. The Bertz CT molecular complexity index is 980. The topological polar surface area (TPSA) is 76.1 Å². The van der Waals surface area contributed by atoms with Crippen molar-refractivity contribution >= 4 is 5.82 Å². The van der Waals surface area contributed by atoms with Crippen LogP contribution in [0.25, 0.3) is 5.82 Å². The normalized spacial score (nSPS) is 22.2. The van der Waals surface area contributed by atoms with Crippen LogP contribution in [-0.2, 0) is 6.54 Å². The van der Waals surface area contributed by atoms with Gasteiger partial charge in [0.25, 0.3) is 0 Å². The SMILES string of the molecule is Cc1cc(CN2CC3CN(c4cc(-n5nc(C)cc5C)ncn4)CC3C2)on1. The van der Waals surface area contributed by atoms with Crippen LogP contribution in [0.15, 0.2) is 29.0 Å². The molecule has 0 amide bonds. The number of aryl methyl sites for hydroxylation is 3. The van der Waals surface area contributed by atoms with Crippen LogP contribution < -0.4 is 4.90 Å². The van der Waals surface area contributed by atoms with Gasteiger partial charge in [0, 0.05) is 44.0 Å². The van der Waals surface area contributed by atoms with Crippen LogP contribution in [0.1, 0.15) is 22.8 Å². The zero-order valence-electron chi connectivity index (χ0n) is 16.5. The molecule has 28 heavy (non-hydrogen) atoms. The molecule has 2 unspecified atom stereocenters. The fraction of sp³-hybridized carbons (Fsp3) is 0.500. The molecular weight excluding hydrogens is 354 g/mol. The van der Waals surface area contributed by atoms with Gasteiger partial charge in [-0.05, 0) is 38.7 Å². The number of rotatable bonds is 4. The van der Waals surface area contributed by atoms with Crippen molar-refractivity contribution in [2.45, 2.75) is 27.3 Å². The third-order valence-corrected chi connectivity index (χ3v) is 5.81. The minimum Gasteiger partial charge on any atom is -0.360 e. The Labute approximate surface area is 164 Å². The molecule has 0 bridgehead atoms. The molecule has 5 heterocycles. The fourth-order valence-electron chi connectivity index (χ4n) is 4.60. The summed E-state index contributed by atoms with van der Waals surface area (Å²) in [6, 6.07) is 6.14. The van der Waals surface area contributed by atoms with Gasteiger partial charge < -0.3 is 9.42 Å². The third kappa shape index (κ3) is 3.17. The summed E-state index contributed by atoms with van der Waals surface area (Å²) in [5, 5.41) is 8.54. The lowest BCUT2D eigenvalue weighted by molar-refractivity contribution is 0.260. The van der Waals surface area contributed by atoms with Gasteiger partial charge >= 0.3 is 0 Å². The molecule has 0 aliphatic carbocycles. The van der Waals surface area contributed by atoms with E-state index in [2.05, 4.69) is 42.2 Å². The van der Waals surface area contributed by atoms with Crippen molar-refractivity contribution < 1.29 is 4.52 Å². The van der Waals surface area contributed by atoms with E-state index in [0.717, 1.165) is 67.2 Å². The van der Waals surface area contributed by atoms with Gasteiger partial charge in [0.1, 0.15) is 12.1 Å². The Balaban J connectivity index is 1.27. The highest BCUT2D eigenvalue weighted by molar-refractivity contribution is 5.45. The number of nitrogens with zero attached hydrogens (tertiary/aromatic N) is 7. The van der Waals surface area contributed by atoms with Crippen molar-refractivity contribution in [1.29, 1.82) is 0 Å². The average molecular weight is 379 g/mol. The van der Waals surface area contributed by atoms with Gasteiger partial charge in [-0.3, -0.25) is 4.90 Å². The average Bonchev–Trinajstić information content (AvgIpc) is 3.40. The molecule has 3 aromatic rings. The maximum Gasteiger partial charge on any atom is 0.159 e. The van der Waals surface area contributed by atoms with E-state index in [9.17, 15) is 0 Å². The summed E-state index contributed by atoms with van der Waals surface area (Å²) >= 11 is 0. The Morgan fingerprint density at radius 2 is 1.68 bits per heavy atom. The van der Waals surface area contributed by atoms with E-state index in [-0.39, 0.29) is 0 Å². The van der Waals surface area contributed by atoms with Crippen molar-refractivity contribution in [2.75, 3.05) is 31.1 Å². The van der Waals surface area contributed by atoms with E-state index in [1.165, 1.54) is 0 Å². The van der Waals surface area contributed by atoms with Crippen molar-refractivity contribution in [3.8, 4) is 5.82 Å². The van der Waals surface area contributed by atoms with Crippen molar-refractivity contribution in [3.05, 3.63) is 47.4 Å². The Morgan fingerprint density at radius 1 is 0.929 bits per heavy atom. The molecule has 0 saturated carbocycles. The van der Waals surface area contributed by atoms with Crippen LogP contribution in [0, 0.1) is 32.6 Å². The minimum absolute atomic E-state index is 0.663. The molecule has 8 nitrogen and oxygen atoms in total. The van der Waals surface area contributed by atoms with Crippen molar-refractivity contribution in [2.24, 2.45) is 11.8 Å². The van der Waals surface area contributed by atoms with Crippen LogP contribution in [0.2, 0.25) is 0 Å². The number of hydrogen-bond donors (Lipinski definition) is 0. The molecule has 0 N–H and O–H groups in total. The lowest BCUT2D eigenvalue weighted by Gasteiger charge is -2.21. The first kappa shape index (κ1) is 17.4.